The van der Waals surface area contributed by atoms with Gasteiger partial charge in [0, 0.05) is 46.7 Å². The summed E-state index contributed by atoms with van der Waals surface area (Å²) in [6.07, 6.45) is 1.59. The van der Waals surface area contributed by atoms with Crippen LogP contribution < -0.4 is 14.4 Å². The molecular weight excluding hydrogens is 631 g/mol. The fraction of sp³-hybridized carbons (Fsp3) is 0.333. The largest absolute Gasteiger partial charge is 0.495 e. The number of sulfonamides is 1. The van der Waals surface area contributed by atoms with Gasteiger partial charge < -0.3 is 15.0 Å². The normalized spacial score (nSPS) is 12.6. The highest BCUT2D eigenvalue weighted by molar-refractivity contribution is 7.92. The van der Waals surface area contributed by atoms with E-state index in [4.69, 9.17) is 27.9 Å². The maximum absolute atomic E-state index is 14.3. The van der Waals surface area contributed by atoms with Crippen molar-refractivity contribution in [2.45, 2.75) is 45.3 Å². The number of methoxy groups -OCH3 is 1. The molecule has 2 atom stereocenters. The van der Waals surface area contributed by atoms with Crippen molar-refractivity contribution >= 4 is 56.4 Å². The average Bonchev–Trinajstić information content (AvgIpc) is 2.98. The Balaban J connectivity index is 2.18. The van der Waals surface area contributed by atoms with Gasteiger partial charge in [0.05, 0.1) is 18.3 Å². The molecule has 44 heavy (non-hydrogen) atoms. The quantitative estimate of drug-likeness (QED) is 0.184. The summed E-state index contributed by atoms with van der Waals surface area (Å²) in [6.45, 7) is 2.70. The van der Waals surface area contributed by atoms with Crippen LogP contribution in [0.4, 0.5) is 11.4 Å². The molecule has 3 aromatic carbocycles. The van der Waals surface area contributed by atoms with Crippen LogP contribution in [0.3, 0.4) is 0 Å². The molecule has 0 bridgehead atoms. The summed E-state index contributed by atoms with van der Waals surface area (Å²) in [4.78, 5) is 40.2. The van der Waals surface area contributed by atoms with Crippen LogP contribution >= 0.6 is 23.2 Å². The summed E-state index contributed by atoms with van der Waals surface area (Å²) in [5, 5.41) is 14.9. The number of carbonyl (C=O) groups is 2. The molecule has 0 saturated carbocycles. The van der Waals surface area contributed by atoms with Crippen LogP contribution in [0.25, 0.3) is 0 Å². The van der Waals surface area contributed by atoms with Crippen LogP contribution in [0.5, 0.6) is 5.75 Å². The summed E-state index contributed by atoms with van der Waals surface area (Å²) in [7, 11) is -2.94. The first-order valence-corrected chi connectivity index (χ1v) is 16.2. The zero-order chi connectivity index (χ0) is 32.6. The van der Waals surface area contributed by atoms with Gasteiger partial charge in [-0.1, -0.05) is 66.5 Å². The SMILES string of the molecule is CCC(C)NC(=O)C(Cc1ccccc1)N(Cc1c(Cl)cccc1Cl)C(=O)CN(c1cc([N+](=O)[O-])ccc1OC)S(C)(=O)=O. The van der Waals surface area contributed by atoms with E-state index in [0.717, 1.165) is 24.0 Å². The van der Waals surface area contributed by atoms with Crippen molar-refractivity contribution < 1.29 is 27.7 Å². The minimum atomic E-state index is -4.21. The smallest absolute Gasteiger partial charge is 0.271 e. The average molecular weight is 666 g/mol. The number of ether oxygens (including phenoxy) is 1. The molecular formula is C30H34Cl2N4O7S. The molecule has 2 amide bonds. The Morgan fingerprint density at radius 3 is 2.23 bits per heavy atom. The Kier molecular flexibility index (Phi) is 12.0. The summed E-state index contributed by atoms with van der Waals surface area (Å²) >= 11 is 13.0. The van der Waals surface area contributed by atoms with Gasteiger partial charge in [-0.2, -0.15) is 0 Å². The second-order valence-electron chi connectivity index (χ2n) is 10.1. The predicted molar refractivity (Wildman–Crippen MR) is 171 cm³/mol. The van der Waals surface area contributed by atoms with E-state index in [1.54, 1.807) is 30.3 Å². The molecule has 0 aliphatic rings. The van der Waals surface area contributed by atoms with Gasteiger partial charge in [-0.15, -0.1) is 0 Å². The van der Waals surface area contributed by atoms with Gasteiger partial charge in [0.2, 0.25) is 21.8 Å². The number of anilines is 1. The summed E-state index contributed by atoms with van der Waals surface area (Å²) < 4.78 is 32.2. The number of hydrogen-bond donors (Lipinski definition) is 1. The van der Waals surface area contributed by atoms with Crippen molar-refractivity contribution in [3.05, 3.63) is 98.0 Å². The highest BCUT2D eigenvalue weighted by atomic mass is 35.5. The second-order valence-corrected chi connectivity index (χ2v) is 12.8. The lowest BCUT2D eigenvalue weighted by molar-refractivity contribution is -0.384. The molecule has 11 nitrogen and oxygen atoms in total. The first kappa shape index (κ1) is 34.6. The third kappa shape index (κ3) is 8.84. The highest BCUT2D eigenvalue weighted by Crippen LogP contribution is 2.34. The van der Waals surface area contributed by atoms with Crippen LogP contribution in [-0.2, 0) is 32.6 Å². The molecule has 2 unspecified atom stereocenters. The van der Waals surface area contributed by atoms with Crippen molar-refractivity contribution in [1.82, 2.24) is 10.2 Å². The maximum Gasteiger partial charge on any atom is 0.271 e. The van der Waals surface area contributed by atoms with Crippen LogP contribution in [0, 0.1) is 10.1 Å². The number of hydrogen-bond acceptors (Lipinski definition) is 7. The Morgan fingerprint density at radius 2 is 1.68 bits per heavy atom. The minimum Gasteiger partial charge on any atom is -0.495 e. The lowest BCUT2D eigenvalue weighted by Gasteiger charge is -2.34. The van der Waals surface area contributed by atoms with Gasteiger partial charge in [-0.05, 0) is 37.1 Å². The molecule has 0 aliphatic carbocycles. The molecule has 0 aromatic heterocycles. The molecule has 1 N–H and O–H groups in total. The maximum atomic E-state index is 14.3. The highest BCUT2D eigenvalue weighted by Gasteiger charge is 2.35. The summed E-state index contributed by atoms with van der Waals surface area (Å²) in [5.74, 6) is -1.25. The monoisotopic (exact) mass is 664 g/mol. The number of nitrogens with one attached hydrogen (secondary N) is 1. The summed E-state index contributed by atoms with van der Waals surface area (Å²) in [5.41, 5.74) is 0.492. The second kappa shape index (κ2) is 15.2. The van der Waals surface area contributed by atoms with Crippen molar-refractivity contribution in [2.24, 2.45) is 0 Å². The van der Waals surface area contributed by atoms with E-state index in [9.17, 15) is 28.1 Å². The number of rotatable bonds is 14. The first-order valence-electron chi connectivity index (χ1n) is 13.6. The number of carbonyl (C=O) groups excluding carboxylic acids is 2. The lowest BCUT2D eigenvalue weighted by atomic mass is 10.0. The van der Waals surface area contributed by atoms with Crippen LogP contribution in [0.1, 0.15) is 31.4 Å². The van der Waals surface area contributed by atoms with Crippen molar-refractivity contribution in [3.8, 4) is 5.75 Å². The molecule has 0 spiro atoms. The Hall–Kier alpha value is -3.87. The molecule has 0 saturated heterocycles. The van der Waals surface area contributed by atoms with E-state index < -0.39 is 45.0 Å². The number of nitro benzene ring substituents is 1. The van der Waals surface area contributed by atoms with Crippen LogP contribution in [0.15, 0.2) is 66.7 Å². The van der Waals surface area contributed by atoms with E-state index in [0.29, 0.717) is 16.3 Å². The zero-order valence-electron chi connectivity index (χ0n) is 24.7. The zero-order valence-corrected chi connectivity index (χ0v) is 27.0. The molecule has 3 rings (SSSR count). The topological polar surface area (TPSA) is 139 Å². The van der Waals surface area contributed by atoms with Crippen molar-refractivity contribution in [1.29, 1.82) is 0 Å². The van der Waals surface area contributed by atoms with Gasteiger partial charge >= 0.3 is 0 Å². The van der Waals surface area contributed by atoms with Gasteiger partial charge in [0.15, 0.2) is 0 Å². The Morgan fingerprint density at radius 1 is 1.05 bits per heavy atom. The van der Waals surface area contributed by atoms with Crippen LogP contribution in [0.2, 0.25) is 10.0 Å². The number of halogens is 2. The molecule has 0 radical (unpaired) electrons. The third-order valence-electron chi connectivity index (χ3n) is 6.98. The third-order valence-corrected chi connectivity index (χ3v) is 8.82. The lowest BCUT2D eigenvalue weighted by Crippen LogP contribution is -2.54. The number of nitrogens with zero attached hydrogens (tertiary/aromatic N) is 3. The van der Waals surface area contributed by atoms with Crippen molar-refractivity contribution in [2.75, 3.05) is 24.2 Å². The van der Waals surface area contributed by atoms with Crippen molar-refractivity contribution in [3.63, 3.8) is 0 Å². The fourth-order valence-corrected chi connectivity index (χ4v) is 5.79. The van der Waals surface area contributed by atoms with Crippen LogP contribution in [-0.4, -0.2) is 62.0 Å². The predicted octanol–water partition coefficient (Wildman–Crippen LogP) is 5.23. The molecule has 236 valence electrons. The van der Waals surface area contributed by atoms with Gasteiger partial charge in [-0.3, -0.25) is 24.0 Å². The van der Waals surface area contributed by atoms with Gasteiger partial charge in [-0.25, -0.2) is 8.42 Å². The van der Waals surface area contributed by atoms with E-state index >= 15 is 0 Å². The van der Waals surface area contributed by atoms with E-state index in [1.165, 1.54) is 18.1 Å². The van der Waals surface area contributed by atoms with Gasteiger partial charge in [0.1, 0.15) is 24.0 Å². The fourth-order valence-electron chi connectivity index (χ4n) is 4.43. The molecule has 0 aliphatic heterocycles. The Bertz CT molecular complexity index is 1590. The number of non-ortho nitro benzene ring substituents is 1. The Labute approximate surface area is 266 Å². The number of benzene rings is 3. The van der Waals surface area contributed by atoms with E-state index in [2.05, 4.69) is 5.32 Å². The molecule has 14 heteroatoms. The minimum absolute atomic E-state index is 0.00938. The van der Waals surface area contributed by atoms with E-state index in [1.807, 2.05) is 32.0 Å². The number of nitro groups is 1. The van der Waals surface area contributed by atoms with Gasteiger partial charge in [0.25, 0.3) is 5.69 Å². The van der Waals surface area contributed by atoms with E-state index in [-0.39, 0.29) is 40.5 Å². The first-order chi connectivity index (χ1) is 20.8. The summed E-state index contributed by atoms with van der Waals surface area (Å²) in [6, 6.07) is 15.9. The molecule has 0 heterocycles. The molecule has 0 fully saturated rings. The standard InChI is InChI=1S/C30H34Cl2N4O7S/c1-5-20(2)33-30(38)27(16-21-10-7-6-8-11-21)34(18-23-24(31)12-9-13-25(23)32)29(37)19-35(44(4,41)42)26-17-22(36(39)40)14-15-28(26)43-3/h6-15,17,20,27H,5,16,18-19H2,1-4H3,(H,33,38). The number of amides is 2. The molecule has 3 aromatic rings.